The van der Waals surface area contributed by atoms with Crippen molar-refractivity contribution in [2.24, 2.45) is 0 Å². The molecular weight excluding hydrogens is 378 g/mol. The highest BCUT2D eigenvalue weighted by molar-refractivity contribution is 9.10. The number of imidazole rings is 1. The number of para-hydroxylation sites is 2. The molecule has 3 rings (SSSR count). The third kappa shape index (κ3) is 4.28. The average Bonchev–Trinajstić information content (AvgIpc) is 2.98. The minimum absolute atomic E-state index is 0.0521. The number of amides is 1. The van der Waals surface area contributed by atoms with Crippen molar-refractivity contribution in [2.45, 2.75) is 32.7 Å². The summed E-state index contributed by atoms with van der Waals surface area (Å²) < 4.78 is 3.25. The summed E-state index contributed by atoms with van der Waals surface area (Å²) >= 11 is 3.38. The fourth-order valence-corrected chi connectivity index (χ4v) is 3.14. The summed E-state index contributed by atoms with van der Waals surface area (Å²) in [6.07, 6.45) is 2.99. The lowest BCUT2D eigenvalue weighted by molar-refractivity contribution is 0.0954. The lowest BCUT2D eigenvalue weighted by Crippen LogP contribution is -2.26. The zero-order chi connectivity index (χ0) is 17.6. The summed E-state index contributed by atoms with van der Waals surface area (Å²) in [4.78, 5) is 17.0. The molecule has 25 heavy (non-hydrogen) atoms. The van der Waals surface area contributed by atoms with E-state index in [0.29, 0.717) is 12.1 Å². The van der Waals surface area contributed by atoms with Gasteiger partial charge in [0, 0.05) is 29.5 Å². The van der Waals surface area contributed by atoms with E-state index in [0.717, 1.165) is 41.6 Å². The van der Waals surface area contributed by atoms with Crippen LogP contribution in [0.1, 0.15) is 35.9 Å². The molecule has 130 valence electrons. The molecule has 3 aromatic rings. The number of carbonyl (C=O) groups is 1. The van der Waals surface area contributed by atoms with Crippen LogP contribution < -0.4 is 5.32 Å². The van der Waals surface area contributed by atoms with E-state index < -0.39 is 0 Å². The predicted molar refractivity (Wildman–Crippen MR) is 105 cm³/mol. The van der Waals surface area contributed by atoms with E-state index in [1.54, 1.807) is 0 Å². The molecule has 0 aliphatic carbocycles. The van der Waals surface area contributed by atoms with E-state index in [9.17, 15) is 4.79 Å². The van der Waals surface area contributed by atoms with E-state index in [-0.39, 0.29) is 5.91 Å². The highest BCUT2D eigenvalue weighted by atomic mass is 79.9. The largest absolute Gasteiger partial charge is 0.352 e. The zero-order valence-electron chi connectivity index (χ0n) is 14.3. The number of nitrogens with zero attached hydrogens (tertiary/aromatic N) is 2. The minimum atomic E-state index is -0.0521. The lowest BCUT2D eigenvalue weighted by atomic mass is 10.2. The number of hydrogen-bond donors (Lipinski definition) is 1. The summed E-state index contributed by atoms with van der Waals surface area (Å²) in [7, 11) is 0. The molecule has 0 spiro atoms. The van der Waals surface area contributed by atoms with Crippen LogP contribution in [-0.2, 0) is 13.0 Å². The van der Waals surface area contributed by atoms with E-state index in [4.69, 9.17) is 4.98 Å². The van der Waals surface area contributed by atoms with Gasteiger partial charge >= 0.3 is 0 Å². The number of carbonyl (C=O) groups excluding carboxylic acids is 1. The van der Waals surface area contributed by atoms with Crippen LogP contribution in [0.2, 0.25) is 0 Å². The fraction of sp³-hybridized carbons (Fsp3) is 0.300. The third-order valence-corrected chi connectivity index (χ3v) is 4.74. The van der Waals surface area contributed by atoms with Crippen LogP contribution in [0.5, 0.6) is 0 Å². The monoisotopic (exact) mass is 399 g/mol. The van der Waals surface area contributed by atoms with Crippen molar-refractivity contribution in [3.8, 4) is 0 Å². The van der Waals surface area contributed by atoms with E-state index in [2.05, 4.69) is 38.8 Å². The van der Waals surface area contributed by atoms with Crippen LogP contribution in [0.3, 0.4) is 0 Å². The molecule has 0 saturated carbocycles. The van der Waals surface area contributed by atoms with Crippen LogP contribution >= 0.6 is 15.9 Å². The molecule has 0 aliphatic rings. The molecule has 0 atom stereocenters. The Hall–Kier alpha value is -2.14. The van der Waals surface area contributed by atoms with E-state index in [1.165, 1.54) is 5.52 Å². The molecule has 4 nitrogen and oxygen atoms in total. The van der Waals surface area contributed by atoms with Crippen LogP contribution in [0.25, 0.3) is 11.0 Å². The molecule has 2 aromatic carbocycles. The number of halogens is 1. The second-order valence-electron chi connectivity index (χ2n) is 6.03. The Morgan fingerprint density at radius 3 is 2.68 bits per heavy atom. The van der Waals surface area contributed by atoms with Gasteiger partial charge in [-0.1, -0.05) is 41.4 Å². The normalized spacial score (nSPS) is 11.0. The van der Waals surface area contributed by atoms with Crippen molar-refractivity contribution >= 4 is 32.9 Å². The van der Waals surface area contributed by atoms with Crippen molar-refractivity contribution < 1.29 is 4.79 Å². The standard InChI is InChI=1S/C20H22BrN3O/c1-2-3-14-24-18-7-5-4-6-17(18)23-19(24)12-13-22-20(25)15-8-10-16(21)11-9-15/h4-11H,2-3,12-14H2,1H3,(H,22,25). The van der Waals surface area contributed by atoms with Gasteiger partial charge in [-0.15, -0.1) is 0 Å². The van der Waals surface area contributed by atoms with E-state index >= 15 is 0 Å². The van der Waals surface area contributed by atoms with Gasteiger partial charge in [0.25, 0.3) is 5.91 Å². The van der Waals surface area contributed by atoms with Gasteiger partial charge in [0.1, 0.15) is 5.82 Å². The smallest absolute Gasteiger partial charge is 0.251 e. The average molecular weight is 400 g/mol. The Morgan fingerprint density at radius 1 is 1.16 bits per heavy atom. The van der Waals surface area contributed by atoms with Crippen LogP contribution in [-0.4, -0.2) is 22.0 Å². The SMILES string of the molecule is CCCCn1c(CCNC(=O)c2ccc(Br)cc2)nc2ccccc21. The predicted octanol–water partition coefficient (Wildman–Crippen LogP) is 4.57. The molecule has 0 fully saturated rings. The summed E-state index contributed by atoms with van der Waals surface area (Å²) in [6, 6.07) is 15.6. The molecular formula is C20H22BrN3O. The number of unbranched alkanes of at least 4 members (excludes halogenated alkanes) is 1. The number of benzene rings is 2. The molecule has 0 radical (unpaired) electrons. The van der Waals surface area contributed by atoms with Gasteiger partial charge in [-0.05, 0) is 42.8 Å². The molecule has 5 heteroatoms. The minimum Gasteiger partial charge on any atom is -0.352 e. The van der Waals surface area contributed by atoms with Crippen molar-refractivity contribution in [3.63, 3.8) is 0 Å². The van der Waals surface area contributed by atoms with Crippen molar-refractivity contribution in [3.05, 3.63) is 64.4 Å². The van der Waals surface area contributed by atoms with Gasteiger partial charge in [0.2, 0.25) is 0 Å². The lowest BCUT2D eigenvalue weighted by Gasteiger charge is -2.09. The topological polar surface area (TPSA) is 46.9 Å². The van der Waals surface area contributed by atoms with Crippen molar-refractivity contribution in [2.75, 3.05) is 6.54 Å². The van der Waals surface area contributed by atoms with Crippen molar-refractivity contribution in [1.29, 1.82) is 0 Å². The Balaban J connectivity index is 1.68. The quantitative estimate of drug-likeness (QED) is 0.632. The summed E-state index contributed by atoms with van der Waals surface area (Å²) in [6.45, 7) is 3.73. The number of aryl methyl sites for hydroxylation is 1. The molecule has 0 aliphatic heterocycles. The molecule has 0 bridgehead atoms. The maximum atomic E-state index is 12.2. The second-order valence-corrected chi connectivity index (χ2v) is 6.95. The van der Waals surface area contributed by atoms with Gasteiger partial charge in [-0.2, -0.15) is 0 Å². The van der Waals surface area contributed by atoms with Crippen LogP contribution in [0.4, 0.5) is 0 Å². The Bertz CT molecular complexity index is 855. The van der Waals surface area contributed by atoms with Crippen molar-refractivity contribution in [1.82, 2.24) is 14.9 Å². The Morgan fingerprint density at radius 2 is 1.92 bits per heavy atom. The first kappa shape index (κ1) is 17.7. The van der Waals surface area contributed by atoms with Crippen LogP contribution in [0, 0.1) is 0 Å². The maximum absolute atomic E-state index is 12.2. The molecule has 1 heterocycles. The highest BCUT2D eigenvalue weighted by Gasteiger charge is 2.11. The van der Waals surface area contributed by atoms with Gasteiger partial charge in [0.15, 0.2) is 0 Å². The third-order valence-electron chi connectivity index (χ3n) is 4.21. The van der Waals surface area contributed by atoms with Gasteiger partial charge in [-0.3, -0.25) is 4.79 Å². The second kappa shape index (κ2) is 8.30. The van der Waals surface area contributed by atoms with E-state index in [1.807, 2.05) is 42.5 Å². The first-order valence-corrected chi connectivity index (χ1v) is 9.46. The zero-order valence-corrected chi connectivity index (χ0v) is 15.9. The van der Waals surface area contributed by atoms with Gasteiger partial charge in [0.05, 0.1) is 11.0 Å². The summed E-state index contributed by atoms with van der Waals surface area (Å²) in [5, 5.41) is 2.99. The summed E-state index contributed by atoms with van der Waals surface area (Å²) in [5.74, 6) is 0.981. The van der Waals surface area contributed by atoms with Crippen LogP contribution in [0.15, 0.2) is 53.0 Å². The first-order valence-electron chi connectivity index (χ1n) is 8.67. The number of fused-ring (bicyclic) bond motifs is 1. The molecule has 0 saturated heterocycles. The number of hydrogen-bond acceptors (Lipinski definition) is 2. The fourth-order valence-electron chi connectivity index (χ4n) is 2.87. The Kier molecular flexibility index (Phi) is 5.87. The molecule has 1 aromatic heterocycles. The summed E-state index contributed by atoms with van der Waals surface area (Å²) in [5.41, 5.74) is 2.86. The maximum Gasteiger partial charge on any atom is 0.251 e. The highest BCUT2D eigenvalue weighted by Crippen LogP contribution is 2.17. The Labute approximate surface area is 156 Å². The number of aromatic nitrogens is 2. The van der Waals surface area contributed by atoms with Gasteiger partial charge < -0.3 is 9.88 Å². The van der Waals surface area contributed by atoms with Gasteiger partial charge in [-0.25, -0.2) is 4.98 Å². The molecule has 1 amide bonds. The molecule has 0 unspecified atom stereocenters. The number of nitrogens with one attached hydrogen (secondary N) is 1. The number of rotatable bonds is 7. The first-order chi connectivity index (χ1) is 12.2. The molecule has 1 N–H and O–H groups in total.